The topological polar surface area (TPSA) is 97.6 Å². The predicted molar refractivity (Wildman–Crippen MR) is 143 cm³/mol. The molecule has 1 aliphatic carbocycles. The summed E-state index contributed by atoms with van der Waals surface area (Å²) >= 11 is 0. The van der Waals surface area contributed by atoms with Gasteiger partial charge in [0, 0.05) is 55.6 Å². The van der Waals surface area contributed by atoms with Crippen LogP contribution in [0.3, 0.4) is 0 Å². The molecular formula is C30H23F2N3O4. The number of aromatic nitrogens is 1. The molecule has 0 bridgehead atoms. The SMILES string of the molecule is O=C(CCC(=O)c1cccn(Cc2ccc(F)c(F)c2)c1=O)Nc1ccc2c(c1)/C(=C/C1=CN=CC1)C(=O)C2. The number of aliphatic imine (C=N–C) groups is 1. The normalized spacial score (nSPS) is 15.0. The molecule has 0 radical (unpaired) electrons. The van der Waals surface area contributed by atoms with Crippen LogP contribution < -0.4 is 10.9 Å². The molecule has 7 nitrogen and oxygen atoms in total. The molecule has 9 heteroatoms. The van der Waals surface area contributed by atoms with Gasteiger partial charge < -0.3 is 9.88 Å². The fourth-order valence-electron chi connectivity index (χ4n) is 4.57. The summed E-state index contributed by atoms with van der Waals surface area (Å²) in [6.07, 6.45) is 7.36. The minimum absolute atomic E-state index is 0.00459. The summed E-state index contributed by atoms with van der Waals surface area (Å²) in [5.74, 6) is -2.93. The smallest absolute Gasteiger partial charge is 0.261 e. The van der Waals surface area contributed by atoms with Crippen molar-refractivity contribution in [1.82, 2.24) is 4.57 Å². The number of nitrogens with one attached hydrogen (secondary N) is 1. The molecule has 0 saturated carbocycles. The van der Waals surface area contributed by atoms with E-state index in [-0.39, 0.29) is 30.7 Å². The molecule has 2 aliphatic rings. The highest BCUT2D eigenvalue weighted by molar-refractivity contribution is 6.26. The Morgan fingerprint density at radius 3 is 2.64 bits per heavy atom. The average Bonchev–Trinajstić information content (AvgIpc) is 3.54. The number of allylic oxidation sites excluding steroid dienone is 3. The Labute approximate surface area is 222 Å². The largest absolute Gasteiger partial charge is 0.326 e. The maximum absolute atomic E-state index is 13.5. The molecule has 0 unspecified atom stereocenters. The Bertz CT molecular complexity index is 1670. The number of fused-ring (bicyclic) bond motifs is 1. The zero-order valence-corrected chi connectivity index (χ0v) is 20.7. The molecular weight excluding hydrogens is 504 g/mol. The van der Waals surface area contributed by atoms with Gasteiger partial charge in [-0.25, -0.2) is 8.78 Å². The Balaban J connectivity index is 1.23. The van der Waals surface area contributed by atoms with Crippen molar-refractivity contribution >= 4 is 34.9 Å². The number of benzene rings is 2. The molecule has 2 aromatic carbocycles. The summed E-state index contributed by atoms with van der Waals surface area (Å²) in [7, 11) is 0. The minimum atomic E-state index is -1.03. The third-order valence-corrected chi connectivity index (χ3v) is 6.57. The second kappa shape index (κ2) is 10.9. The van der Waals surface area contributed by atoms with Crippen LogP contribution in [-0.4, -0.2) is 28.3 Å². The van der Waals surface area contributed by atoms with Crippen molar-refractivity contribution in [1.29, 1.82) is 0 Å². The predicted octanol–water partition coefficient (Wildman–Crippen LogP) is 4.64. The second-order valence-electron chi connectivity index (χ2n) is 9.34. The number of carbonyl (C=O) groups is 3. The summed E-state index contributed by atoms with van der Waals surface area (Å²) in [6, 6.07) is 11.5. The number of halogens is 2. The quantitative estimate of drug-likeness (QED) is 0.341. The van der Waals surface area contributed by atoms with Gasteiger partial charge in [-0.05, 0) is 64.7 Å². The molecule has 0 spiro atoms. The van der Waals surface area contributed by atoms with E-state index in [4.69, 9.17) is 0 Å². The minimum Gasteiger partial charge on any atom is -0.326 e. The Hall–Kier alpha value is -4.79. The van der Waals surface area contributed by atoms with Crippen LogP contribution in [0.4, 0.5) is 14.5 Å². The molecule has 2 heterocycles. The first kappa shape index (κ1) is 25.8. The van der Waals surface area contributed by atoms with Crippen molar-refractivity contribution in [2.45, 2.75) is 32.2 Å². The Kier molecular flexibility index (Phi) is 7.23. The van der Waals surface area contributed by atoms with Crippen molar-refractivity contribution in [2.75, 3.05) is 5.32 Å². The number of ketones is 2. The van der Waals surface area contributed by atoms with Crippen LogP contribution in [-0.2, 0) is 22.6 Å². The van der Waals surface area contributed by atoms with Crippen LogP contribution in [0, 0.1) is 11.6 Å². The summed E-state index contributed by atoms with van der Waals surface area (Å²) in [5.41, 5.74) is 3.33. The van der Waals surface area contributed by atoms with Gasteiger partial charge >= 0.3 is 0 Å². The first-order chi connectivity index (χ1) is 18.8. The maximum atomic E-state index is 13.5. The highest BCUT2D eigenvalue weighted by Crippen LogP contribution is 2.33. The van der Waals surface area contributed by atoms with E-state index in [2.05, 4.69) is 10.3 Å². The van der Waals surface area contributed by atoms with Crippen LogP contribution in [0.2, 0.25) is 0 Å². The zero-order chi connectivity index (χ0) is 27.5. The highest BCUT2D eigenvalue weighted by atomic mass is 19.2. The first-order valence-corrected chi connectivity index (χ1v) is 12.3. The number of Topliss-reactive ketones (excluding diaryl/α,β-unsaturated/α-hetero) is 2. The second-order valence-corrected chi connectivity index (χ2v) is 9.34. The van der Waals surface area contributed by atoms with E-state index in [9.17, 15) is 28.0 Å². The molecule has 5 rings (SSSR count). The van der Waals surface area contributed by atoms with Gasteiger partial charge in [-0.1, -0.05) is 12.1 Å². The van der Waals surface area contributed by atoms with Gasteiger partial charge in [0.05, 0.1) is 12.1 Å². The molecule has 0 atom stereocenters. The molecule has 39 heavy (non-hydrogen) atoms. The summed E-state index contributed by atoms with van der Waals surface area (Å²) in [5, 5.41) is 2.76. The molecule has 1 N–H and O–H groups in total. The number of hydrogen-bond acceptors (Lipinski definition) is 5. The van der Waals surface area contributed by atoms with Crippen molar-refractivity contribution in [2.24, 2.45) is 4.99 Å². The van der Waals surface area contributed by atoms with Gasteiger partial charge in [0.15, 0.2) is 23.2 Å². The summed E-state index contributed by atoms with van der Waals surface area (Å²) in [6.45, 7) is -0.0424. The molecule has 1 aromatic heterocycles. The monoisotopic (exact) mass is 527 g/mol. The van der Waals surface area contributed by atoms with Crippen LogP contribution in [0.5, 0.6) is 0 Å². The van der Waals surface area contributed by atoms with Crippen LogP contribution in [0.15, 0.2) is 82.4 Å². The lowest BCUT2D eigenvalue weighted by Crippen LogP contribution is -2.26. The van der Waals surface area contributed by atoms with E-state index in [0.29, 0.717) is 29.7 Å². The van der Waals surface area contributed by atoms with Crippen LogP contribution >= 0.6 is 0 Å². The van der Waals surface area contributed by atoms with Crippen LogP contribution in [0.1, 0.15) is 46.3 Å². The number of nitrogens with zero attached hydrogens (tertiary/aromatic N) is 2. The molecule has 1 amide bonds. The zero-order valence-electron chi connectivity index (χ0n) is 20.7. The van der Waals surface area contributed by atoms with Crippen molar-refractivity contribution in [3.63, 3.8) is 0 Å². The summed E-state index contributed by atoms with van der Waals surface area (Å²) in [4.78, 5) is 54.8. The van der Waals surface area contributed by atoms with Crippen LogP contribution in [0.25, 0.3) is 5.57 Å². The van der Waals surface area contributed by atoms with E-state index in [0.717, 1.165) is 28.8 Å². The summed E-state index contributed by atoms with van der Waals surface area (Å²) < 4.78 is 28.0. The van der Waals surface area contributed by atoms with Gasteiger partial charge in [-0.2, -0.15) is 0 Å². The van der Waals surface area contributed by atoms with Crippen molar-refractivity contribution in [3.8, 4) is 0 Å². The number of amides is 1. The standard InChI is InChI=1S/C30H23F2N3O4/c31-25-6-3-19(13-26(25)32)17-35-11-1-2-22(30(35)39)27(36)7-8-29(38)34-21-5-4-20-14-28(37)24(23(20)15-21)12-18-9-10-33-16-18/h1-6,10-13,15-16H,7-9,14,17H2,(H,34,38)/b24-12-. The molecule has 196 valence electrons. The van der Waals surface area contributed by atoms with Crippen molar-refractivity contribution in [3.05, 3.63) is 117 Å². The van der Waals surface area contributed by atoms with E-state index in [1.807, 2.05) is 6.08 Å². The molecule has 0 fully saturated rings. The number of pyridine rings is 1. The van der Waals surface area contributed by atoms with Crippen molar-refractivity contribution < 1.29 is 23.2 Å². The van der Waals surface area contributed by atoms with Gasteiger partial charge in [-0.3, -0.25) is 24.2 Å². The molecule has 1 aliphatic heterocycles. The number of rotatable bonds is 8. The lowest BCUT2D eigenvalue weighted by Gasteiger charge is -2.09. The van der Waals surface area contributed by atoms with Gasteiger partial charge in [0.2, 0.25) is 5.91 Å². The fourth-order valence-corrected chi connectivity index (χ4v) is 4.57. The number of anilines is 1. The number of hydrogen-bond donors (Lipinski definition) is 1. The molecule has 3 aromatic rings. The lowest BCUT2D eigenvalue weighted by atomic mass is 10.0. The van der Waals surface area contributed by atoms with Gasteiger partial charge in [-0.15, -0.1) is 0 Å². The highest BCUT2D eigenvalue weighted by Gasteiger charge is 2.25. The van der Waals surface area contributed by atoms with Gasteiger partial charge in [0.25, 0.3) is 5.56 Å². The Morgan fingerprint density at radius 1 is 1.03 bits per heavy atom. The molecule has 0 saturated heterocycles. The van der Waals surface area contributed by atoms with E-state index in [1.54, 1.807) is 30.6 Å². The third kappa shape index (κ3) is 5.72. The first-order valence-electron chi connectivity index (χ1n) is 12.3. The number of carbonyl (C=O) groups excluding carboxylic acids is 3. The lowest BCUT2D eigenvalue weighted by molar-refractivity contribution is -0.116. The van der Waals surface area contributed by atoms with E-state index in [1.165, 1.54) is 29.0 Å². The average molecular weight is 528 g/mol. The van der Waals surface area contributed by atoms with E-state index >= 15 is 0 Å². The third-order valence-electron chi connectivity index (χ3n) is 6.57. The maximum Gasteiger partial charge on any atom is 0.261 e. The fraction of sp³-hybridized carbons (Fsp3) is 0.167. The van der Waals surface area contributed by atoms with E-state index < -0.39 is 28.9 Å². The van der Waals surface area contributed by atoms with Gasteiger partial charge in [0.1, 0.15) is 0 Å². The Morgan fingerprint density at radius 2 is 1.87 bits per heavy atom.